The number of piperidine rings is 2. The van der Waals surface area contributed by atoms with E-state index in [1.807, 2.05) is 0 Å². The monoisotopic (exact) mass is 420 g/mol. The van der Waals surface area contributed by atoms with Crippen LogP contribution in [0, 0.1) is 5.92 Å². The lowest BCUT2D eigenvalue weighted by Crippen LogP contribution is -2.47. The van der Waals surface area contributed by atoms with E-state index in [9.17, 15) is 31.5 Å². The van der Waals surface area contributed by atoms with Gasteiger partial charge in [0.25, 0.3) is 0 Å². The minimum atomic E-state index is -4.62. The van der Waals surface area contributed by atoms with E-state index in [1.54, 1.807) is 4.90 Å². The number of rotatable bonds is 3. The van der Waals surface area contributed by atoms with Crippen LogP contribution in [0.3, 0.4) is 0 Å². The Morgan fingerprint density at radius 3 is 2.21 bits per heavy atom. The second-order valence-corrected chi connectivity index (χ2v) is 9.20. The number of benzene rings is 1. The Balaban J connectivity index is 1.65. The standard InChI is InChI=1S/C18H23F3N2O4S/c19-18(20,21)14-2-1-3-16(12-14)28(26,27)23-10-4-13(5-11-23)17(25)22-8-6-15(24)7-9-22/h1-3,12-13,15,24H,4-11H2. The van der Waals surface area contributed by atoms with Crippen molar-refractivity contribution in [1.82, 2.24) is 9.21 Å². The summed E-state index contributed by atoms with van der Waals surface area (Å²) in [5.41, 5.74) is -1.01. The van der Waals surface area contributed by atoms with Crippen molar-refractivity contribution in [1.29, 1.82) is 0 Å². The fraction of sp³-hybridized carbons (Fsp3) is 0.611. The minimum absolute atomic E-state index is 0.0389. The highest BCUT2D eigenvalue weighted by Crippen LogP contribution is 2.32. The van der Waals surface area contributed by atoms with Crippen LogP contribution < -0.4 is 0 Å². The summed E-state index contributed by atoms with van der Waals surface area (Å²) in [6.07, 6.45) is -3.27. The van der Waals surface area contributed by atoms with Gasteiger partial charge in [-0.25, -0.2) is 8.42 Å². The van der Waals surface area contributed by atoms with Crippen molar-refractivity contribution in [2.24, 2.45) is 5.92 Å². The average molecular weight is 420 g/mol. The van der Waals surface area contributed by atoms with E-state index < -0.39 is 26.7 Å². The number of hydrogen-bond acceptors (Lipinski definition) is 4. The second kappa shape index (κ2) is 8.00. The lowest BCUT2D eigenvalue weighted by atomic mass is 9.95. The first-order chi connectivity index (χ1) is 13.1. The number of alkyl halides is 3. The minimum Gasteiger partial charge on any atom is -0.393 e. The molecule has 2 aliphatic heterocycles. The summed E-state index contributed by atoms with van der Waals surface area (Å²) in [6, 6.07) is 3.71. The molecule has 3 rings (SSSR count). The maximum absolute atomic E-state index is 12.9. The van der Waals surface area contributed by atoms with Gasteiger partial charge >= 0.3 is 6.18 Å². The van der Waals surface area contributed by atoms with Gasteiger partial charge in [0.1, 0.15) is 0 Å². The van der Waals surface area contributed by atoms with Crippen molar-refractivity contribution in [3.63, 3.8) is 0 Å². The number of hydrogen-bond donors (Lipinski definition) is 1. The van der Waals surface area contributed by atoms with Crippen LogP contribution in [-0.2, 0) is 21.0 Å². The van der Waals surface area contributed by atoms with Crippen molar-refractivity contribution in [2.75, 3.05) is 26.2 Å². The Morgan fingerprint density at radius 1 is 1.04 bits per heavy atom. The Morgan fingerprint density at radius 2 is 1.64 bits per heavy atom. The summed E-state index contributed by atoms with van der Waals surface area (Å²) in [7, 11) is -4.05. The van der Waals surface area contributed by atoms with Crippen molar-refractivity contribution >= 4 is 15.9 Å². The second-order valence-electron chi connectivity index (χ2n) is 7.26. The molecule has 0 unspecified atom stereocenters. The molecule has 1 N–H and O–H groups in total. The highest BCUT2D eigenvalue weighted by Gasteiger charge is 2.36. The van der Waals surface area contributed by atoms with Gasteiger partial charge in [-0.2, -0.15) is 17.5 Å². The molecule has 0 aliphatic carbocycles. The van der Waals surface area contributed by atoms with Gasteiger partial charge in [0, 0.05) is 32.1 Å². The SMILES string of the molecule is O=C(C1CCN(S(=O)(=O)c2cccc(C(F)(F)F)c2)CC1)N1CCC(O)CC1. The number of sulfonamides is 1. The zero-order valence-electron chi connectivity index (χ0n) is 15.2. The quantitative estimate of drug-likeness (QED) is 0.812. The molecule has 28 heavy (non-hydrogen) atoms. The maximum atomic E-state index is 12.9. The van der Waals surface area contributed by atoms with Gasteiger partial charge in [-0.1, -0.05) is 6.07 Å². The smallest absolute Gasteiger partial charge is 0.393 e. The van der Waals surface area contributed by atoms with Crippen LogP contribution in [-0.4, -0.2) is 60.9 Å². The third kappa shape index (κ3) is 4.49. The molecular formula is C18H23F3N2O4S. The predicted molar refractivity (Wildman–Crippen MR) is 94.7 cm³/mol. The van der Waals surface area contributed by atoms with Gasteiger partial charge in [-0.15, -0.1) is 0 Å². The van der Waals surface area contributed by atoms with Crippen LogP contribution in [0.5, 0.6) is 0 Å². The van der Waals surface area contributed by atoms with Gasteiger partial charge in [-0.05, 0) is 43.9 Å². The molecule has 0 atom stereocenters. The van der Waals surface area contributed by atoms with Gasteiger partial charge in [-0.3, -0.25) is 4.79 Å². The molecule has 2 fully saturated rings. The molecule has 0 radical (unpaired) electrons. The van der Waals surface area contributed by atoms with Crippen molar-refractivity contribution in [3.05, 3.63) is 29.8 Å². The van der Waals surface area contributed by atoms with E-state index in [4.69, 9.17) is 0 Å². The molecule has 0 aromatic heterocycles. The average Bonchev–Trinajstić information content (AvgIpc) is 2.67. The van der Waals surface area contributed by atoms with Crippen LogP contribution >= 0.6 is 0 Å². The Hall–Kier alpha value is -1.65. The highest BCUT2D eigenvalue weighted by atomic mass is 32.2. The van der Waals surface area contributed by atoms with Crippen LogP contribution in [0.25, 0.3) is 0 Å². The number of likely N-dealkylation sites (tertiary alicyclic amines) is 1. The largest absolute Gasteiger partial charge is 0.416 e. The zero-order valence-corrected chi connectivity index (χ0v) is 16.0. The lowest BCUT2D eigenvalue weighted by Gasteiger charge is -2.36. The fourth-order valence-corrected chi connectivity index (χ4v) is 5.19. The molecule has 6 nitrogen and oxygen atoms in total. The van der Waals surface area contributed by atoms with Gasteiger partial charge in [0.15, 0.2) is 0 Å². The first-order valence-electron chi connectivity index (χ1n) is 9.23. The molecule has 1 aromatic rings. The Kier molecular flexibility index (Phi) is 6.02. The van der Waals surface area contributed by atoms with Crippen molar-refractivity contribution < 1.29 is 31.5 Å². The summed E-state index contributed by atoms with van der Waals surface area (Å²) in [5.74, 6) is -0.341. The molecule has 156 valence electrons. The number of carbonyl (C=O) groups is 1. The molecule has 0 spiro atoms. The number of nitrogens with zero attached hydrogens (tertiary/aromatic N) is 2. The third-order valence-electron chi connectivity index (χ3n) is 5.38. The van der Waals surface area contributed by atoms with E-state index in [0.717, 1.165) is 22.5 Å². The number of aliphatic hydroxyl groups excluding tert-OH is 1. The van der Waals surface area contributed by atoms with Crippen LogP contribution in [0.15, 0.2) is 29.2 Å². The highest BCUT2D eigenvalue weighted by molar-refractivity contribution is 7.89. The molecule has 0 bridgehead atoms. The summed E-state index contributed by atoms with van der Waals surface area (Å²) >= 11 is 0. The van der Waals surface area contributed by atoms with E-state index in [1.165, 1.54) is 0 Å². The van der Waals surface area contributed by atoms with E-state index in [-0.39, 0.29) is 31.0 Å². The Labute approximate surface area is 162 Å². The topological polar surface area (TPSA) is 77.9 Å². The molecule has 2 saturated heterocycles. The van der Waals surface area contributed by atoms with E-state index >= 15 is 0 Å². The van der Waals surface area contributed by atoms with Crippen molar-refractivity contribution in [3.8, 4) is 0 Å². The third-order valence-corrected chi connectivity index (χ3v) is 7.27. The number of aliphatic hydroxyl groups is 1. The van der Waals surface area contributed by atoms with Crippen LogP contribution in [0.1, 0.15) is 31.2 Å². The Bertz CT molecular complexity index is 812. The molecule has 1 amide bonds. The van der Waals surface area contributed by atoms with Gasteiger partial charge in [0.05, 0.1) is 16.6 Å². The normalized spacial score (nSPS) is 21.1. The maximum Gasteiger partial charge on any atom is 0.416 e. The van der Waals surface area contributed by atoms with Crippen LogP contribution in [0.2, 0.25) is 0 Å². The molecule has 2 aliphatic rings. The lowest BCUT2D eigenvalue weighted by molar-refractivity contribution is -0.139. The zero-order chi connectivity index (χ0) is 20.5. The number of carbonyl (C=O) groups excluding carboxylic acids is 1. The summed E-state index contributed by atoms with van der Waals surface area (Å²) in [5, 5.41) is 9.54. The molecular weight excluding hydrogens is 397 g/mol. The van der Waals surface area contributed by atoms with Gasteiger partial charge in [0.2, 0.25) is 15.9 Å². The van der Waals surface area contributed by atoms with E-state index in [2.05, 4.69) is 0 Å². The van der Waals surface area contributed by atoms with Crippen LogP contribution in [0.4, 0.5) is 13.2 Å². The predicted octanol–water partition coefficient (Wildman–Crippen LogP) is 2.09. The summed E-state index contributed by atoms with van der Waals surface area (Å²) in [6.45, 7) is 1.16. The first kappa shape index (κ1) is 21.1. The summed E-state index contributed by atoms with van der Waals surface area (Å²) in [4.78, 5) is 13.9. The number of amides is 1. The van der Waals surface area contributed by atoms with Crippen molar-refractivity contribution in [2.45, 2.75) is 42.9 Å². The molecule has 1 aromatic carbocycles. The molecule has 2 heterocycles. The summed E-state index contributed by atoms with van der Waals surface area (Å²) < 4.78 is 65.2. The molecule has 0 saturated carbocycles. The first-order valence-corrected chi connectivity index (χ1v) is 10.7. The van der Waals surface area contributed by atoms with Gasteiger partial charge < -0.3 is 10.0 Å². The number of halogens is 3. The molecule has 10 heteroatoms. The van der Waals surface area contributed by atoms with E-state index in [0.29, 0.717) is 44.8 Å². The fourth-order valence-electron chi connectivity index (χ4n) is 3.67.